The maximum Gasteiger partial charge on any atom is 0.106 e. The number of halogens is 1. The van der Waals surface area contributed by atoms with Crippen LogP contribution >= 0.6 is 15.9 Å². The van der Waals surface area contributed by atoms with Gasteiger partial charge in [-0.05, 0) is 33.5 Å². The lowest BCUT2D eigenvalue weighted by molar-refractivity contribution is 0.456. The van der Waals surface area contributed by atoms with Gasteiger partial charge in [0.2, 0.25) is 0 Å². The van der Waals surface area contributed by atoms with Crippen molar-refractivity contribution in [3.05, 3.63) is 28.5 Å². The van der Waals surface area contributed by atoms with Gasteiger partial charge in [-0.25, -0.2) is 4.98 Å². The van der Waals surface area contributed by atoms with Gasteiger partial charge in [0, 0.05) is 12.2 Å². The third-order valence-electron chi connectivity index (χ3n) is 2.39. The first-order valence-electron chi connectivity index (χ1n) is 4.52. The Morgan fingerprint density at radius 3 is 2.69 bits per heavy atom. The Bertz CT molecular complexity index is 258. The van der Waals surface area contributed by atoms with Crippen LogP contribution < -0.4 is 5.73 Å². The molecule has 3 heteroatoms. The molecule has 1 rings (SSSR count). The van der Waals surface area contributed by atoms with Crippen molar-refractivity contribution in [2.45, 2.75) is 26.3 Å². The summed E-state index contributed by atoms with van der Waals surface area (Å²) in [5.41, 5.74) is 7.15. The number of hydrogen-bond acceptors (Lipinski definition) is 2. The molecule has 0 radical (unpaired) electrons. The van der Waals surface area contributed by atoms with Crippen molar-refractivity contribution in [3.63, 3.8) is 0 Å². The van der Waals surface area contributed by atoms with Crippen molar-refractivity contribution in [1.82, 2.24) is 4.98 Å². The van der Waals surface area contributed by atoms with E-state index < -0.39 is 0 Å². The fourth-order valence-electron chi connectivity index (χ4n) is 1.17. The molecule has 0 aromatic carbocycles. The van der Waals surface area contributed by atoms with Gasteiger partial charge in [-0.15, -0.1) is 0 Å². The highest BCUT2D eigenvalue weighted by Crippen LogP contribution is 2.21. The molecule has 1 aromatic rings. The van der Waals surface area contributed by atoms with Crippen LogP contribution in [0, 0.1) is 5.92 Å². The van der Waals surface area contributed by atoms with Crippen molar-refractivity contribution in [2.75, 3.05) is 0 Å². The molecule has 0 spiro atoms. The van der Waals surface area contributed by atoms with E-state index in [1.165, 1.54) is 0 Å². The minimum atomic E-state index is 0.102. The Kier molecular flexibility index (Phi) is 3.88. The third-order valence-corrected chi connectivity index (χ3v) is 2.86. The molecular formula is C10H15BrN2. The summed E-state index contributed by atoms with van der Waals surface area (Å²) < 4.78 is 0.854. The minimum absolute atomic E-state index is 0.102. The molecule has 72 valence electrons. The standard InChI is InChI=1S/C10H15BrN2/c1-3-7(2)10(12)8-4-5-9(11)13-6-8/h4-7,10H,3,12H2,1-2H3/t7?,10-/m0/s1. The first-order valence-corrected chi connectivity index (χ1v) is 5.31. The van der Waals surface area contributed by atoms with Gasteiger partial charge in [0.25, 0.3) is 0 Å². The summed E-state index contributed by atoms with van der Waals surface area (Å²) in [4.78, 5) is 4.15. The van der Waals surface area contributed by atoms with Crippen molar-refractivity contribution < 1.29 is 0 Å². The Hall–Kier alpha value is -0.410. The van der Waals surface area contributed by atoms with E-state index in [4.69, 9.17) is 5.73 Å². The van der Waals surface area contributed by atoms with E-state index in [2.05, 4.69) is 34.8 Å². The first kappa shape index (κ1) is 10.7. The van der Waals surface area contributed by atoms with Gasteiger partial charge in [0.05, 0.1) is 0 Å². The fraction of sp³-hybridized carbons (Fsp3) is 0.500. The molecule has 13 heavy (non-hydrogen) atoms. The lowest BCUT2D eigenvalue weighted by Gasteiger charge is -2.17. The number of nitrogens with two attached hydrogens (primary N) is 1. The van der Waals surface area contributed by atoms with Gasteiger partial charge in [-0.3, -0.25) is 0 Å². The molecule has 2 nitrogen and oxygen atoms in total. The highest BCUT2D eigenvalue weighted by atomic mass is 79.9. The number of pyridine rings is 1. The molecule has 0 aliphatic rings. The van der Waals surface area contributed by atoms with Crippen molar-refractivity contribution in [3.8, 4) is 0 Å². The van der Waals surface area contributed by atoms with Crippen LogP contribution in [-0.2, 0) is 0 Å². The lowest BCUT2D eigenvalue weighted by Crippen LogP contribution is -2.18. The maximum atomic E-state index is 6.04. The third kappa shape index (κ3) is 2.78. The van der Waals surface area contributed by atoms with Crippen LogP contribution in [0.3, 0.4) is 0 Å². The molecule has 0 aliphatic carbocycles. The quantitative estimate of drug-likeness (QED) is 0.829. The molecule has 2 N–H and O–H groups in total. The second-order valence-corrected chi connectivity index (χ2v) is 4.14. The SMILES string of the molecule is CCC(C)[C@H](N)c1ccc(Br)nc1. The van der Waals surface area contributed by atoms with Crippen LogP contribution in [0.15, 0.2) is 22.9 Å². The van der Waals surface area contributed by atoms with Gasteiger partial charge in [0.1, 0.15) is 4.60 Å². The first-order chi connectivity index (χ1) is 6.15. The Morgan fingerprint density at radius 1 is 1.54 bits per heavy atom. The van der Waals surface area contributed by atoms with E-state index >= 15 is 0 Å². The lowest BCUT2D eigenvalue weighted by atomic mass is 9.95. The van der Waals surface area contributed by atoms with Crippen LogP contribution in [-0.4, -0.2) is 4.98 Å². The largest absolute Gasteiger partial charge is 0.324 e. The van der Waals surface area contributed by atoms with Crippen molar-refractivity contribution in [2.24, 2.45) is 11.7 Å². The van der Waals surface area contributed by atoms with Gasteiger partial charge in [-0.1, -0.05) is 26.3 Å². The minimum Gasteiger partial charge on any atom is -0.324 e. The zero-order valence-electron chi connectivity index (χ0n) is 8.00. The van der Waals surface area contributed by atoms with Crippen LogP contribution in [0.2, 0.25) is 0 Å². The summed E-state index contributed by atoms with van der Waals surface area (Å²) in [6.07, 6.45) is 2.93. The Balaban J connectivity index is 2.77. The van der Waals surface area contributed by atoms with Crippen LogP contribution in [0.5, 0.6) is 0 Å². The molecule has 0 fully saturated rings. The van der Waals surface area contributed by atoms with E-state index in [0.29, 0.717) is 5.92 Å². The topological polar surface area (TPSA) is 38.9 Å². The van der Waals surface area contributed by atoms with Gasteiger partial charge < -0.3 is 5.73 Å². The van der Waals surface area contributed by atoms with Gasteiger partial charge >= 0.3 is 0 Å². The van der Waals surface area contributed by atoms with Crippen molar-refractivity contribution in [1.29, 1.82) is 0 Å². The van der Waals surface area contributed by atoms with E-state index in [9.17, 15) is 0 Å². The van der Waals surface area contributed by atoms with Crippen molar-refractivity contribution >= 4 is 15.9 Å². The second kappa shape index (κ2) is 4.72. The Labute approximate surface area is 87.7 Å². The van der Waals surface area contributed by atoms with Gasteiger partial charge in [0.15, 0.2) is 0 Å². The molecule has 0 aliphatic heterocycles. The number of hydrogen-bond donors (Lipinski definition) is 1. The maximum absolute atomic E-state index is 6.04. The fourth-order valence-corrected chi connectivity index (χ4v) is 1.40. The summed E-state index contributed by atoms with van der Waals surface area (Å²) in [5, 5.41) is 0. The molecule has 0 saturated carbocycles. The molecule has 1 heterocycles. The smallest absolute Gasteiger partial charge is 0.106 e. The summed E-state index contributed by atoms with van der Waals surface area (Å²) in [5.74, 6) is 0.503. The zero-order chi connectivity index (χ0) is 9.84. The molecule has 2 atom stereocenters. The van der Waals surface area contributed by atoms with E-state index in [-0.39, 0.29) is 6.04 Å². The monoisotopic (exact) mass is 242 g/mol. The average Bonchev–Trinajstić information content (AvgIpc) is 2.17. The molecular weight excluding hydrogens is 228 g/mol. The molecule has 0 saturated heterocycles. The average molecular weight is 243 g/mol. The van der Waals surface area contributed by atoms with Crippen LogP contribution in [0.4, 0.5) is 0 Å². The summed E-state index contributed by atoms with van der Waals surface area (Å²) in [6, 6.07) is 4.05. The summed E-state index contributed by atoms with van der Waals surface area (Å²) >= 11 is 3.30. The highest BCUT2D eigenvalue weighted by molar-refractivity contribution is 9.10. The second-order valence-electron chi connectivity index (χ2n) is 3.33. The van der Waals surface area contributed by atoms with Crippen LogP contribution in [0.1, 0.15) is 31.9 Å². The van der Waals surface area contributed by atoms with E-state index in [1.54, 1.807) is 0 Å². The molecule has 1 unspecified atom stereocenters. The van der Waals surface area contributed by atoms with E-state index in [0.717, 1.165) is 16.6 Å². The number of nitrogens with zero attached hydrogens (tertiary/aromatic N) is 1. The normalized spacial score (nSPS) is 15.4. The predicted molar refractivity (Wildman–Crippen MR) is 58.3 cm³/mol. The number of rotatable bonds is 3. The summed E-state index contributed by atoms with van der Waals surface area (Å²) in [7, 11) is 0. The molecule has 1 aromatic heterocycles. The Morgan fingerprint density at radius 2 is 2.23 bits per heavy atom. The number of aromatic nitrogens is 1. The zero-order valence-corrected chi connectivity index (χ0v) is 9.58. The predicted octanol–water partition coefficient (Wildman–Crippen LogP) is 2.89. The summed E-state index contributed by atoms with van der Waals surface area (Å²) in [6.45, 7) is 4.31. The van der Waals surface area contributed by atoms with Crippen LogP contribution in [0.25, 0.3) is 0 Å². The van der Waals surface area contributed by atoms with Gasteiger partial charge in [-0.2, -0.15) is 0 Å². The van der Waals surface area contributed by atoms with E-state index in [1.807, 2.05) is 18.3 Å². The highest BCUT2D eigenvalue weighted by Gasteiger charge is 2.12. The molecule has 0 bridgehead atoms. The molecule has 0 amide bonds.